The Kier molecular flexibility index (Phi) is 4.28. The van der Waals surface area contributed by atoms with Gasteiger partial charge in [0.2, 0.25) is 0 Å². The van der Waals surface area contributed by atoms with Crippen molar-refractivity contribution in [2.45, 2.75) is 11.7 Å². The van der Waals surface area contributed by atoms with E-state index in [9.17, 15) is 0 Å². The number of hydrogen-bond donors (Lipinski definition) is 0. The zero-order valence-corrected chi connectivity index (χ0v) is 18.3. The zero-order valence-electron chi connectivity index (χ0n) is 17.4. The lowest BCUT2D eigenvalue weighted by molar-refractivity contribution is 0.357. The lowest BCUT2D eigenvalue weighted by Crippen LogP contribution is -2.22. The molecule has 0 N–H and O–H groups in total. The second-order valence-electron chi connectivity index (χ2n) is 8.56. The van der Waals surface area contributed by atoms with Gasteiger partial charge < -0.3 is 4.57 Å². The van der Waals surface area contributed by atoms with Crippen LogP contribution in [0.1, 0.15) is 28.4 Å². The van der Waals surface area contributed by atoms with Crippen LogP contribution in [-0.2, 0) is 4.57 Å². The van der Waals surface area contributed by atoms with E-state index in [1.54, 1.807) is 0 Å². The fourth-order valence-electron chi connectivity index (χ4n) is 5.68. The third kappa shape index (κ3) is 2.65. The molecule has 152 valence electrons. The van der Waals surface area contributed by atoms with Gasteiger partial charge in [-0.05, 0) is 40.6 Å². The van der Waals surface area contributed by atoms with Gasteiger partial charge in [0.1, 0.15) is 0 Å². The third-order valence-electron chi connectivity index (χ3n) is 7.04. The minimum atomic E-state index is -2.96. The first kappa shape index (κ1) is 18.8. The highest BCUT2D eigenvalue weighted by atomic mass is 31.2. The van der Waals surface area contributed by atoms with Crippen molar-refractivity contribution in [3.8, 4) is 0 Å². The summed E-state index contributed by atoms with van der Waals surface area (Å²) in [4.78, 5) is 0. The second kappa shape index (κ2) is 7.05. The highest BCUT2D eigenvalue weighted by molar-refractivity contribution is 7.70. The predicted molar refractivity (Wildman–Crippen MR) is 130 cm³/mol. The van der Waals surface area contributed by atoms with Crippen LogP contribution in [0.15, 0.2) is 103 Å². The second-order valence-corrected chi connectivity index (χ2v) is 11.5. The van der Waals surface area contributed by atoms with Crippen molar-refractivity contribution in [1.82, 2.24) is 4.67 Å². The fraction of sp³-hybridized carbons (Fsp3) is 0.143. The highest BCUT2D eigenvalue weighted by Crippen LogP contribution is 2.75. The van der Waals surface area contributed by atoms with Crippen LogP contribution in [0, 0.1) is 5.92 Å². The van der Waals surface area contributed by atoms with Gasteiger partial charge in [0.25, 0.3) is 0 Å². The molecule has 0 radical (unpaired) electrons. The van der Waals surface area contributed by atoms with Crippen molar-refractivity contribution in [1.29, 1.82) is 0 Å². The van der Waals surface area contributed by atoms with Crippen molar-refractivity contribution in [3.63, 3.8) is 0 Å². The molecule has 31 heavy (non-hydrogen) atoms. The van der Waals surface area contributed by atoms with Gasteiger partial charge in [-0.3, -0.25) is 0 Å². The van der Waals surface area contributed by atoms with Crippen LogP contribution in [-0.4, -0.2) is 11.7 Å². The monoisotopic (exact) mass is 421 g/mol. The van der Waals surface area contributed by atoms with Crippen molar-refractivity contribution in [2.24, 2.45) is 5.92 Å². The summed E-state index contributed by atoms with van der Waals surface area (Å²) in [6.07, 6.45) is 4.52. The Morgan fingerprint density at radius 1 is 0.774 bits per heavy atom. The molecule has 1 heterocycles. The third-order valence-corrected chi connectivity index (χ3v) is 10.7. The van der Waals surface area contributed by atoms with E-state index in [4.69, 9.17) is 0 Å². The zero-order chi connectivity index (χ0) is 21.0. The fourth-order valence-corrected chi connectivity index (χ4v) is 9.56. The largest absolute Gasteiger partial charge is 0.301 e. The van der Waals surface area contributed by atoms with Crippen molar-refractivity contribution < 1.29 is 4.57 Å². The summed E-state index contributed by atoms with van der Waals surface area (Å²) in [5.74, 6) is 0.159. The molecular weight excluding hydrogens is 397 g/mol. The summed E-state index contributed by atoms with van der Waals surface area (Å²) >= 11 is 0. The van der Waals surface area contributed by atoms with E-state index < -0.39 is 7.29 Å². The summed E-state index contributed by atoms with van der Waals surface area (Å²) in [5, 5.41) is 3.22. The Labute approximate surface area is 183 Å². The Morgan fingerprint density at radius 2 is 1.48 bits per heavy atom. The van der Waals surface area contributed by atoms with Crippen molar-refractivity contribution in [2.75, 3.05) is 7.05 Å². The topological polar surface area (TPSA) is 20.3 Å². The molecule has 1 unspecified atom stereocenters. The summed E-state index contributed by atoms with van der Waals surface area (Å²) in [5.41, 5.74) is 3.56. The molecule has 1 aliphatic carbocycles. The van der Waals surface area contributed by atoms with Gasteiger partial charge in [0, 0.05) is 17.3 Å². The first-order chi connectivity index (χ1) is 15.2. The van der Waals surface area contributed by atoms with Crippen molar-refractivity contribution >= 4 is 29.4 Å². The first-order valence-electron chi connectivity index (χ1n) is 10.8. The van der Waals surface area contributed by atoms with Crippen LogP contribution < -0.4 is 5.30 Å². The molecule has 1 saturated heterocycles. The smallest absolute Gasteiger partial charge is 0.187 e. The van der Waals surface area contributed by atoms with Crippen LogP contribution in [0.3, 0.4) is 0 Å². The molecule has 4 aromatic rings. The molecule has 0 aromatic heterocycles. The molecule has 6 rings (SSSR count). The van der Waals surface area contributed by atoms with Crippen LogP contribution in [0.4, 0.5) is 0 Å². The van der Waals surface area contributed by atoms with E-state index in [-0.39, 0.29) is 17.6 Å². The number of hydrogen-bond acceptors (Lipinski definition) is 1. The van der Waals surface area contributed by atoms with E-state index >= 15 is 4.57 Å². The molecule has 4 atom stereocenters. The van der Waals surface area contributed by atoms with Crippen LogP contribution in [0.25, 0.3) is 16.8 Å². The van der Waals surface area contributed by atoms with Crippen LogP contribution in [0.5, 0.6) is 0 Å². The van der Waals surface area contributed by atoms with Gasteiger partial charge in [-0.25, -0.2) is 4.67 Å². The van der Waals surface area contributed by atoms with E-state index in [1.807, 2.05) is 6.07 Å². The Hall–Kier alpha value is -2.93. The molecule has 1 aliphatic heterocycles. The number of rotatable bonds is 2. The number of nitrogens with zero attached hydrogens (tertiary/aromatic N) is 1. The molecular formula is C28H24NOP. The molecule has 2 aliphatic rings. The normalized spacial score (nSPS) is 27.2. The van der Waals surface area contributed by atoms with E-state index in [0.717, 1.165) is 16.1 Å². The minimum Gasteiger partial charge on any atom is -0.301 e. The van der Waals surface area contributed by atoms with E-state index in [1.165, 1.54) is 16.7 Å². The molecule has 0 amide bonds. The van der Waals surface area contributed by atoms with Gasteiger partial charge >= 0.3 is 0 Å². The molecule has 2 nitrogen and oxygen atoms in total. The number of fused-ring (bicyclic) bond motifs is 4. The Bertz CT molecular complexity index is 1350. The maximum Gasteiger partial charge on any atom is 0.187 e. The summed E-state index contributed by atoms with van der Waals surface area (Å²) in [6.45, 7) is 0. The van der Waals surface area contributed by atoms with Crippen LogP contribution >= 0.6 is 7.29 Å². The first-order valence-corrected chi connectivity index (χ1v) is 12.6. The highest BCUT2D eigenvalue weighted by Gasteiger charge is 2.57. The van der Waals surface area contributed by atoms with Gasteiger partial charge in [-0.15, -0.1) is 0 Å². The van der Waals surface area contributed by atoms with E-state index in [2.05, 4.69) is 115 Å². The maximum atomic E-state index is 15.4. The molecule has 4 aromatic carbocycles. The predicted octanol–water partition coefficient (Wildman–Crippen LogP) is 6.81. The molecule has 1 fully saturated rings. The number of benzene rings is 4. The summed E-state index contributed by atoms with van der Waals surface area (Å²) < 4.78 is 17.6. The SMILES string of the molecule is CN1[C@H](c2ccccc2)[C@@H]2C=Cc3ccccc3[C@H]2P1(=O)c1cccc2ccccc12. The lowest BCUT2D eigenvalue weighted by Gasteiger charge is -2.30. The Balaban J connectivity index is 1.65. The van der Waals surface area contributed by atoms with Gasteiger partial charge in [-0.1, -0.05) is 103 Å². The molecule has 0 spiro atoms. The summed E-state index contributed by atoms with van der Waals surface area (Å²) in [7, 11) is -0.898. The minimum absolute atomic E-state index is 0.0605. The molecule has 0 saturated carbocycles. The average molecular weight is 421 g/mol. The Morgan fingerprint density at radius 3 is 2.35 bits per heavy atom. The standard InChI is InChI=1S/C28H24NOP/c1-29-27(22-12-3-2-4-13-22)25-19-18-21-11-6-8-16-24(21)28(25)31(29,30)26-17-9-14-20-10-5-7-15-23(20)26/h2-19,25,27-28H,1H3/t25-,27+,28+,31?/m0/s1. The summed E-state index contributed by atoms with van der Waals surface area (Å²) in [6, 6.07) is 33.7. The average Bonchev–Trinajstić information content (AvgIpc) is 3.07. The van der Waals surface area contributed by atoms with Gasteiger partial charge in [0.05, 0.1) is 5.66 Å². The van der Waals surface area contributed by atoms with E-state index in [0.29, 0.717) is 0 Å². The maximum absolute atomic E-state index is 15.4. The lowest BCUT2D eigenvalue weighted by atomic mass is 9.82. The quantitative estimate of drug-likeness (QED) is 0.331. The van der Waals surface area contributed by atoms with Gasteiger partial charge in [-0.2, -0.15) is 0 Å². The van der Waals surface area contributed by atoms with Gasteiger partial charge in [0.15, 0.2) is 7.29 Å². The molecule has 0 bridgehead atoms. The van der Waals surface area contributed by atoms with Crippen LogP contribution in [0.2, 0.25) is 0 Å². The van der Waals surface area contributed by atoms with Crippen molar-refractivity contribution in [3.05, 3.63) is 120 Å². The molecule has 3 heteroatoms.